The van der Waals surface area contributed by atoms with Crippen LogP contribution in [0.25, 0.3) is 0 Å². The second-order valence-electron chi connectivity index (χ2n) is 6.65. The smallest absolute Gasteiger partial charge is 0.0798 e. The van der Waals surface area contributed by atoms with Crippen molar-refractivity contribution < 1.29 is 21.5 Å². The van der Waals surface area contributed by atoms with Gasteiger partial charge in [-0.05, 0) is 26.7 Å². The van der Waals surface area contributed by atoms with Crippen molar-refractivity contribution in [3.05, 3.63) is 0 Å². The Morgan fingerprint density at radius 2 is 1.00 bits per heavy atom. The maximum absolute atomic E-state index is 5.88. The van der Waals surface area contributed by atoms with Crippen molar-refractivity contribution in [3.8, 4) is 0 Å². The number of unbranched alkanes of at least 4 members (excludes halogenated alkanes) is 9. The molecule has 0 saturated carbocycles. The number of hydrogen-bond donors (Lipinski definition) is 0. The van der Waals surface area contributed by atoms with Gasteiger partial charge in [0.05, 0.1) is 26.2 Å². The first-order valence-electron chi connectivity index (χ1n) is 9.65. The van der Waals surface area contributed by atoms with E-state index in [4.69, 9.17) is 11.6 Å². The first-order chi connectivity index (χ1) is 10.2. The predicted octanol–water partition coefficient (Wildman–Crippen LogP) is 3.40. The summed E-state index contributed by atoms with van der Waals surface area (Å²) in [6, 6.07) is 0. The Morgan fingerprint density at radius 3 is 1.41 bits per heavy atom. The molecule has 0 radical (unpaired) electrons. The Bertz CT molecular complexity index is 208. The van der Waals surface area contributed by atoms with Crippen LogP contribution in [0, 0.1) is 0 Å². The summed E-state index contributed by atoms with van der Waals surface area (Å²) in [7, 11) is 0. The van der Waals surface area contributed by atoms with Gasteiger partial charge in [0.25, 0.3) is 0 Å². The van der Waals surface area contributed by atoms with Crippen molar-refractivity contribution in [3.63, 3.8) is 0 Å². The second-order valence-corrected chi connectivity index (χ2v) is 7.02. The van der Waals surface area contributed by atoms with Crippen molar-refractivity contribution in [1.29, 1.82) is 0 Å². The molecule has 0 unspecified atom stereocenters. The fourth-order valence-corrected chi connectivity index (χ4v) is 3.42. The Hall–Kier alpha value is 0.730. The molecule has 0 spiro atoms. The van der Waals surface area contributed by atoms with E-state index in [9.17, 15) is 0 Å². The summed E-state index contributed by atoms with van der Waals surface area (Å²) >= 11 is 5.88. The fraction of sp³-hybridized carbons (Fsp3) is 1.00. The van der Waals surface area contributed by atoms with Crippen molar-refractivity contribution >= 4 is 11.6 Å². The number of hydrogen-bond acceptors (Lipinski definition) is 0. The van der Waals surface area contributed by atoms with Gasteiger partial charge in [0, 0.05) is 12.3 Å². The fourth-order valence-electron chi connectivity index (χ4n) is 3.30. The summed E-state index contributed by atoms with van der Waals surface area (Å²) in [6.07, 6.45) is 15.5. The number of halogens is 2. The molecule has 22 heavy (non-hydrogen) atoms. The van der Waals surface area contributed by atoms with E-state index in [0.29, 0.717) is 0 Å². The SMILES string of the molecule is CCCCCCCCCCCC[N+](CC)(CC)CCCCl.[Br-]. The molecule has 0 atom stereocenters. The van der Waals surface area contributed by atoms with Crippen molar-refractivity contribution in [2.45, 2.75) is 91.4 Å². The molecule has 1 nitrogen and oxygen atoms in total. The van der Waals surface area contributed by atoms with Crippen LogP contribution >= 0.6 is 11.6 Å². The van der Waals surface area contributed by atoms with Crippen molar-refractivity contribution in [1.82, 2.24) is 0 Å². The minimum atomic E-state index is 0. The average Bonchev–Trinajstić information content (AvgIpc) is 2.52. The predicted molar refractivity (Wildman–Crippen MR) is 98.3 cm³/mol. The van der Waals surface area contributed by atoms with Crippen LogP contribution in [0.5, 0.6) is 0 Å². The zero-order valence-electron chi connectivity index (χ0n) is 15.5. The largest absolute Gasteiger partial charge is 1.00 e. The first kappa shape index (κ1) is 25.0. The van der Waals surface area contributed by atoms with E-state index >= 15 is 0 Å². The summed E-state index contributed by atoms with van der Waals surface area (Å²) in [5.41, 5.74) is 0. The summed E-state index contributed by atoms with van der Waals surface area (Å²) < 4.78 is 1.28. The maximum atomic E-state index is 5.88. The van der Waals surface area contributed by atoms with E-state index in [1.807, 2.05) is 0 Å². The molecule has 3 heteroatoms. The summed E-state index contributed by atoms with van der Waals surface area (Å²) in [5.74, 6) is 0.817. The van der Waals surface area contributed by atoms with Crippen LogP contribution in [-0.2, 0) is 0 Å². The molecule has 0 aliphatic heterocycles. The van der Waals surface area contributed by atoms with E-state index < -0.39 is 0 Å². The molecule has 0 saturated heterocycles. The minimum absolute atomic E-state index is 0. The summed E-state index contributed by atoms with van der Waals surface area (Å²) in [4.78, 5) is 0. The lowest BCUT2D eigenvalue weighted by Crippen LogP contribution is -3.00. The number of alkyl halides is 1. The van der Waals surface area contributed by atoms with Gasteiger partial charge in [-0.2, -0.15) is 0 Å². The number of rotatable bonds is 16. The monoisotopic (exact) mass is 397 g/mol. The van der Waals surface area contributed by atoms with Gasteiger partial charge in [-0.1, -0.05) is 58.3 Å². The highest BCUT2D eigenvalue weighted by Crippen LogP contribution is 2.14. The molecular formula is C19H41BrClN. The lowest BCUT2D eigenvalue weighted by Gasteiger charge is -2.37. The van der Waals surface area contributed by atoms with Crippen molar-refractivity contribution in [2.75, 3.05) is 32.1 Å². The van der Waals surface area contributed by atoms with Crippen LogP contribution in [0.4, 0.5) is 0 Å². The molecular weight excluding hydrogens is 358 g/mol. The molecule has 0 bridgehead atoms. The lowest BCUT2D eigenvalue weighted by atomic mass is 10.1. The third kappa shape index (κ3) is 13.2. The molecule has 0 fully saturated rings. The Kier molecular flexibility index (Phi) is 20.5. The molecule has 136 valence electrons. The minimum Gasteiger partial charge on any atom is -1.00 e. The van der Waals surface area contributed by atoms with Crippen molar-refractivity contribution in [2.24, 2.45) is 0 Å². The van der Waals surface area contributed by atoms with Gasteiger partial charge in [-0.25, -0.2) is 0 Å². The number of quaternary nitrogens is 1. The highest BCUT2D eigenvalue weighted by atomic mass is 79.9. The highest BCUT2D eigenvalue weighted by molar-refractivity contribution is 6.17. The van der Waals surface area contributed by atoms with Crippen LogP contribution in [-0.4, -0.2) is 36.5 Å². The molecule has 0 N–H and O–H groups in total. The quantitative estimate of drug-likeness (QED) is 0.212. The molecule has 0 rings (SSSR count). The number of nitrogens with zero attached hydrogens (tertiary/aromatic N) is 1. The van der Waals surface area contributed by atoms with Gasteiger partial charge in [-0.3, -0.25) is 0 Å². The van der Waals surface area contributed by atoms with E-state index in [1.54, 1.807) is 0 Å². The third-order valence-corrected chi connectivity index (χ3v) is 5.36. The topological polar surface area (TPSA) is 0 Å². The van der Waals surface area contributed by atoms with Gasteiger partial charge in [-0.15, -0.1) is 11.6 Å². The molecule has 0 aromatic rings. The standard InChI is InChI=1S/C19H41ClN.BrH/c1-4-7-8-9-10-11-12-13-14-15-18-21(5-2,6-3)19-16-17-20;/h4-19H2,1-3H3;1H/q+1;/p-1. The van der Waals surface area contributed by atoms with Gasteiger partial charge >= 0.3 is 0 Å². The van der Waals surface area contributed by atoms with E-state index in [1.165, 1.54) is 101 Å². The zero-order valence-corrected chi connectivity index (χ0v) is 17.9. The molecule has 0 heterocycles. The van der Waals surface area contributed by atoms with Crippen LogP contribution in [0.1, 0.15) is 91.4 Å². The van der Waals surface area contributed by atoms with Crippen LogP contribution in [0.15, 0.2) is 0 Å². The first-order valence-corrected chi connectivity index (χ1v) is 10.2. The Labute approximate surface area is 156 Å². The van der Waals surface area contributed by atoms with Crippen LogP contribution in [0.2, 0.25) is 0 Å². The van der Waals surface area contributed by atoms with E-state index in [0.717, 1.165) is 5.88 Å². The summed E-state index contributed by atoms with van der Waals surface area (Å²) in [6.45, 7) is 12.1. The van der Waals surface area contributed by atoms with E-state index in [-0.39, 0.29) is 17.0 Å². The Morgan fingerprint density at radius 1 is 0.591 bits per heavy atom. The van der Waals surface area contributed by atoms with Crippen LogP contribution in [0.3, 0.4) is 0 Å². The van der Waals surface area contributed by atoms with Gasteiger partial charge < -0.3 is 21.5 Å². The lowest BCUT2D eigenvalue weighted by molar-refractivity contribution is -0.925. The van der Waals surface area contributed by atoms with Gasteiger partial charge in [0.15, 0.2) is 0 Å². The van der Waals surface area contributed by atoms with E-state index in [2.05, 4.69) is 20.8 Å². The zero-order chi connectivity index (χ0) is 15.8. The third-order valence-electron chi connectivity index (χ3n) is 5.09. The maximum Gasteiger partial charge on any atom is 0.0798 e. The molecule has 0 amide bonds. The highest BCUT2D eigenvalue weighted by Gasteiger charge is 2.21. The molecule has 0 aliphatic carbocycles. The Balaban J connectivity index is 0. The average molecular weight is 399 g/mol. The second kappa shape index (κ2) is 18.1. The molecule has 0 aromatic carbocycles. The van der Waals surface area contributed by atoms with Gasteiger partial charge in [0.1, 0.15) is 0 Å². The van der Waals surface area contributed by atoms with Crippen LogP contribution < -0.4 is 17.0 Å². The summed E-state index contributed by atoms with van der Waals surface area (Å²) in [5, 5.41) is 0. The van der Waals surface area contributed by atoms with Gasteiger partial charge in [0.2, 0.25) is 0 Å². The molecule has 0 aromatic heterocycles. The molecule has 0 aliphatic rings. The normalized spacial score (nSPS) is 11.5.